The van der Waals surface area contributed by atoms with Crippen LogP contribution in [0.4, 0.5) is 0 Å². The van der Waals surface area contributed by atoms with E-state index in [1.165, 1.54) is 0 Å². The van der Waals surface area contributed by atoms with Crippen LogP contribution in [0, 0.1) is 6.92 Å². The van der Waals surface area contributed by atoms with Gasteiger partial charge in [0.1, 0.15) is 11.0 Å². The number of aromatic nitrogens is 4. The number of nitrogens with zero attached hydrogens (tertiary/aromatic N) is 4. The van der Waals surface area contributed by atoms with Crippen molar-refractivity contribution in [2.24, 2.45) is 0 Å². The monoisotopic (exact) mass is 244 g/mol. The summed E-state index contributed by atoms with van der Waals surface area (Å²) >= 11 is 6.06. The first-order chi connectivity index (χ1) is 8.25. The van der Waals surface area contributed by atoms with Crippen molar-refractivity contribution in [2.75, 3.05) is 0 Å². The number of hydrogen-bond donors (Lipinski definition) is 0. The van der Waals surface area contributed by atoms with Gasteiger partial charge in [-0.15, -0.1) is 0 Å². The fourth-order valence-electron chi connectivity index (χ4n) is 1.73. The summed E-state index contributed by atoms with van der Waals surface area (Å²) < 4.78 is 1.76. The third-order valence-corrected chi connectivity index (χ3v) is 2.78. The summed E-state index contributed by atoms with van der Waals surface area (Å²) in [7, 11) is 0. The Bertz CT molecular complexity index is 676. The van der Waals surface area contributed by atoms with E-state index in [4.69, 9.17) is 11.6 Å². The Labute approximate surface area is 103 Å². The molecule has 3 aromatic rings. The molecular weight excluding hydrogens is 236 g/mol. The van der Waals surface area contributed by atoms with Gasteiger partial charge in [-0.3, -0.25) is 0 Å². The summed E-state index contributed by atoms with van der Waals surface area (Å²) in [5, 5.41) is 5.50. The number of fused-ring (bicyclic) bond motifs is 1. The molecule has 0 aliphatic heterocycles. The van der Waals surface area contributed by atoms with Crippen LogP contribution in [0.1, 0.15) is 5.82 Å². The van der Waals surface area contributed by atoms with Gasteiger partial charge in [0.05, 0.1) is 17.3 Å². The fourth-order valence-corrected chi connectivity index (χ4v) is 1.99. The Kier molecular flexibility index (Phi) is 2.30. The Morgan fingerprint density at radius 3 is 2.65 bits per heavy atom. The molecule has 0 atom stereocenters. The molecule has 2 aromatic heterocycles. The summed E-state index contributed by atoms with van der Waals surface area (Å²) in [6, 6.07) is 9.81. The van der Waals surface area contributed by atoms with Crippen molar-refractivity contribution in [2.45, 2.75) is 6.92 Å². The van der Waals surface area contributed by atoms with E-state index in [1.54, 1.807) is 10.9 Å². The molecule has 4 nitrogen and oxygen atoms in total. The van der Waals surface area contributed by atoms with Gasteiger partial charge in [0, 0.05) is 0 Å². The van der Waals surface area contributed by atoms with Crippen molar-refractivity contribution in [1.82, 2.24) is 19.7 Å². The van der Waals surface area contributed by atoms with Crippen molar-refractivity contribution in [3.8, 4) is 5.69 Å². The Morgan fingerprint density at radius 1 is 1.12 bits per heavy atom. The molecule has 5 heteroatoms. The zero-order valence-corrected chi connectivity index (χ0v) is 9.89. The molecule has 0 aliphatic rings. The smallest absolute Gasteiger partial charge is 0.168 e. The molecule has 84 valence electrons. The Morgan fingerprint density at radius 2 is 1.88 bits per heavy atom. The minimum Gasteiger partial charge on any atom is -0.221 e. The SMILES string of the molecule is Cc1nc(Cl)c2cnn(-c3ccccc3)c2n1. The highest BCUT2D eigenvalue weighted by Crippen LogP contribution is 2.22. The van der Waals surface area contributed by atoms with Crippen LogP contribution < -0.4 is 0 Å². The number of para-hydroxylation sites is 1. The van der Waals surface area contributed by atoms with Gasteiger partial charge in [0.2, 0.25) is 0 Å². The van der Waals surface area contributed by atoms with Crippen molar-refractivity contribution in [3.05, 3.63) is 47.5 Å². The molecule has 0 N–H and O–H groups in total. The molecule has 0 unspecified atom stereocenters. The van der Waals surface area contributed by atoms with Gasteiger partial charge in [-0.05, 0) is 19.1 Å². The van der Waals surface area contributed by atoms with Gasteiger partial charge in [-0.25, -0.2) is 14.6 Å². The van der Waals surface area contributed by atoms with Gasteiger partial charge in [0.25, 0.3) is 0 Å². The Hall–Kier alpha value is -1.94. The summed E-state index contributed by atoms with van der Waals surface area (Å²) in [6.45, 7) is 1.81. The third-order valence-electron chi connectivity index (χ3n) is 2.49. The van der Waals surface area contributed by atoms with Crippen LogP contribution >= 0.6 is 11.6 Å². The maximum absolute atomic E-state index is 6.06. The normalized spacial score (nSPS) is 10.9. The molecular formula is C12H9ClN4. The number of benzene rings is 1. The predicted molar refractivity (Wildman–Crippen MR) is 66.4 cm³/mol. The van der Waals surface area contributed by atoms with E-state index in [9.17, 15) is 0 Å². The van der Waals surface area contributed by atoms with E-state index in [1.807, 2.05) is 37.3 Å². The predicted octanol–water partition coefficient (Wildman–Crippen LogP) is 2.78. The molecule has 0 saturated heterocycles. The highest BCUT2D eigenvalue weighted by molar-refractivity contribution is 6.33. The molecule has 0 aliphatic carbocycles. The van der Waals surface area contributed by atoms with Crippen LogP contribution in [0.25, 0.3) is 16.7 Å². The van der Waals surface area contributed by atoms with Crippen molar-refractivity contribution in [3.63, 3.8) is 0 Å². The van der Waals surface area contributed by atoms with Gasteiger partial charge >= 0.3 is 0 Å². The quantitative estimate of drug-likeness (QED) is 0.618. The number of rotatable bonds is 1. The third kappa shape index (κ3) is 1.66. The van der Waals surface area contributed by atoms with Crippen molar-refractivity contribution < 1.29 is 0 Å². The first kappa shape index (κ1) is 10.2. The standard InChI is InChI=1S/C12H9ClN4/c1-8-15-11(13)10-7-14-17(12(10)16-8)9-5-3-2-4-6-9/h2-7H,1H3. The lowest BCUT2D eigenvalue weighted by atomic mass is 10.3. The van der Waals surface area contributed by atoms with E-state index in [-0.39, 0.29) is 0 Å². The van der Waals surface area contributed by atoms with Gasteiger partial charge in [-0.2, -0.15) is 5.10 Å². The number of hydrogen-bond acceptors (Lipinski definition) is 3. The molecule has 0 radical (unpaired) electrons. The van der Waals surface area contributed by atoms with Crippen LogP contribution in [0.5, 0.6) is 0 Å². The lowest BCUT2D eigenvalue weighted by Crippen LogP contribution is -1.98. The molecule has 0 spiro atoms. The fraction of sp³-hybridized carbons (Fsp3) is 0.0833. The summed E-state index contributed by atoms with van der Waals surface area (Å²) in [4.78, 5) is 8.49. The van der Waals surface area contributed by atoms with E-state index >= 15 is 0 Å². The number of halogens is 1. The van der Waals surface area contributed by atoms with E-state index in [2.05, 4.69) is 15.1 Å². The van der Waals surface area contributed by atoms with Crippen LogP contribution in [0.15, 0.2) is 36.5 Å². The average molecular weight is 245 g/mol. The van der Waals surface area contributed by atoms with Crippen molar-refractivity contribution >= 4 is 22.6 Å². The topological polar surface area (TPSA) is 43.6 Å². The number of aryl methyl sites for hydroxylation is 1. The lowest BCUT2D eigenvalue weighted by Gasteiger charge is -2.02. The van der Waals surface area contributed by atoms with E-state index in [0.29, 0.717) is 11.0 Å². The first-order valence-corrected chi connectivity index (χ1v) is 5.57. The second kappa shape index (κ2) is 3.82. The maximum atomic E-state index is 6.06. The van der Waals surface area contributed by atoms with Crippen molar-refractivity contribution in [1.29, 1.82) is 0 Å². The summed E-state index contributed by atoms with van der Waals surface area (Å²) in [5.74, 6) is 0.639. The summed E-state index contributed by atoms with van der Waals surface area (Å²) in [6.07, 6.45) is 1.68. The van der Waals surface area contributed by atoms with Crippen LogP contribution in [0.3, 0.4) is 0 Å². The molecule has 3 rings (SSSR count). The van der Waals surface area contributed by atoms with E-state index in [0.717, 1.165) is 16.7 Å². The second-order valence-corrected chi connectivity index (χ2v) is 4.05. The molecule has 0 fully saturated rings. The lowest BCUT2D eigenvalue weighted by molar-refractivity contribution is 0.889. The van der Waals surface area contributed by atoms with Crippen LogP contribution in [0.2, 0.25) is 5.15 Å². The largest absolute Gasteiger partial charge is 0.221 e. The van der Waals surface area contributed by atoms with E-state index < -0.39 is 0 Å². The summed E-state index contributed by atoms with van der Waals surface area (Å²) in [5.41, 5.74) is 1.69. The van der Waals surface area contributed by atoms with Gasteiger partial charge in [-0.1, -0.05) is 29.8 Å². The minimum absolute atomic E-state index is 0.440. The Balaban J connectivity index is 2.32. The zero-order chi connectivity index (χ0) is 11.8. The molecule has 17 heavy (non-hydrogen) atoms. The average Bonchev–Trinajstić information content (AvgIpc) is 2.74. The highest BCUT2D eigenvalue weighted by atomic mass is 35.5. The molecule has 0 bridgehead atoms. The highest BCUT2D eigenvalue weighted by Gasteiger charge is 2.10. The van der Waals surface area contributed by atoms with Crippen LogP contribution in [-0.2, 0) is 0 Å². The molecule has 0 saturated carbocycles. The second-order valence-electron chi connectivity index (χ2n) is 3.69. The first-order valence-electron chi connectivity index (χ1n) is 5.19. The zero-order valence-electron chi connectivity index (χ0n) is 9.13. The minimum atomic E-state index is 0.440. The maximum Gasteiger partial charge on any atom is 0.168 e. The van der Waals surface area contributed by atoms with Gasteiger partial charge in [0.15, 0.2) is 5.65 Å². The van der Waals surface area contributed by atoms with Gasteiger partial charge < -0.3 is 0 Å². The molecule has 1 aromatic carbocycles. The molecule has 2 heterocycles. The van der Waals surface area contributed by atoms with Crippen LogP contribution in [-0.4, -0.2) is 19.7 Å². The molecule has 0 amide bonds.